The average molecular weight is 524 g/mol. The number of esters is 1. The molecule has 0 spiro atoms. The zero-order valence-electron chi connectivity index (χ0n) is 21.3. The molecule has 1 heterocycles. The highest BCUT2D eigenvalue weighted by molar-refractivity contribution is 6.02. The number of carbonyl (C=O) groups is 4. The number of ketones is 1. The molecule has 5 rings (SSSR count). The van der Waals surface area contributed by atoms with Gasteiger partial charge in [0.15, 0.2) is 0 Å². The van der Waals surface area contributed by atoms with Gasteiger partial charge in [0.05, 0.1) is 36.0 Å². The van der Waals surface area contributed by atoms with Gasteiger partial charge in [0.1, 0.15) is 5.78 Å². The Kier molecular flexibility index (Phi) is 7.27. The van der Waals surface area contributed by atoms with Crippen LogP contribution in [0.4, 0.5) is 11.4 Å². The Hall–Kier alpha value is -4.72. The molecule has 8 nitrogen and oxygen atoms in total. The number of hydrogen-bond acceptors (Lipinski definition) is 7. The van der Waals surface area contributed by atoms with Crippen molar-refractivity contribution >= 4 is 35.0 Å². The number of anilines is 2. The molecule has 0 saturated heterocycles. The molecular weight excluding hydrogens is 496 g/mol. The van der Waals surface area contributed by atoms with E-state index in [1.807, 2.05) is 48.5 Å². The zero-order chi connectivity index (χ0) is 27.5. The van der Waals surface area contributed by atoms with Crippen molar-refractivity contribution in [2.45, 2.75) is 31.2 Å². The Labute approximate surface area is 225 Å². The summed E-state index contributed by atoms with van der Waals surface area (Å²) < 4.78 is 4.82. The van der Waals surface area contributed by atoms with E-state index in [0.717, 1.165) is 5.56 Å². The minimum Gasteiger partial charge on any atom is -0.550 e. The van der Waals surface area contributed by atoms with E-state index < -0.39 is 36.2 Å². The summed E-state index contributed by atoms with van der Waals surface area (Å²) in [7, 11) is 1.29. The van der Waals surface area contributed by atoms with Crippen LogP contribution in [0.2, 0.25) is 0 Å². The van der Waals surface area contributed by atoms with Crippen molar-refractivity contribution in [1.29, 1.82) is 0 Å². The number of hydrogen-bond donors (Lipinski definition) is 1. The van der Waals surface area contributed by atoms with Gasteiger partial charge in [0.25, 0.3) is 0 Å². The molecule has 0 unspecified atom stereocenters. The molecule has 1 aliphatic heterocycles. The number of methoxy groups -OCH3 is 1. The molecule has 1 amide bonds. The first-order valence-corrected chi connectivity index (χ1v) is 12.7. The van der Waals surface area contributed by atoms with Crippen molar-refractivity contribution in [2.24, 2.45) is 5.92 Å². The van der Waals surface area contributed by atoms with Crippen LogP contribution in [0.5, 0.6) is 0 Å². The van der Waals surface area contributed by atoms with Crippen LogP contribution in [0.25, 0.3) is 0 Å². The topological polar surface area (TPSA) is 116 Å². The smallest absolute Gasteiger partial charge is 0.337 e. The van der Waals surface area contributed by atoms with E-state index in [-0.39, 0.29) is 24.5 Å². The fourth-order valence-corrected chi connectivity index (χ4v) is 5.41. The predicted molar refractivity (Wildman–Crippen MR) is 143 cm³/mol. The fourth-order valence-electron chi connectivity index (χ4n) is 5.41. The van der Waals surface area contributed by atoms with Gasteiger partial charge in [0, 0.05) is 30.4 Å². The van der Waals surface area contributed by atoms with E-state index in [9.17, 15) is 24.3 Å². The lowest BCUT2D eigenvalue weighted by Crippen LogP contribution is -2.43. The quantitative estimate of drug-likeness (QED) is 0.489. The summed E-state index contributed by atoms with van der Waals surface area (Å²) in [6.45, 7) is 0. The van der Waals surface area contributed by atoms with Gasteiger partial charge in [-0.3, -0.25) is 9.59 Å². The lowest BCUT2D eigenvalue weighted by molar-refractivity contribution is -0.305. The molecule has 0 saturated carbocycles. The molecule has 0 aromatic heterocycles. The predicted octanol–water partition coefficient (Wildman–Crippen LogP) is 3.76. The van der Waals surface area contributed by atoms with Crippen molar-refractivity contribution in [3.05, 3.63) is 107 Å². The normalized spacial score (nSPS) is 20.0. The van der Waals surface area contributed by atoms with Gasteiger partial charge < -0.3 is 24.9 Å². The number of carboxylic acid groups (broad SMARTS) is 1. The molecule has 0 fully saturated rings. The van der Waals surface area contributed by atoms with Crippen LogP contribution in [-0.4, -0.2) is 30.7 Å². The summed E-state index contributed by atoms with van der Waals surface area (Å²) in [5.41, 5.74) is 3.80. The largest absolute Gasteiger partial charge is 0.550 e. The molecule has 0 radical (unpaired) electrons. The van der Waals surface area contributed by atoms with Crippen LogP contribution in [-0.2, 0) is 19.1 Å². The number of amides is 1. The maximum Gasteiger partial charge on any atom is 0.337 e. The Morgan fingerprint density at radius 1 is 0.923 bits per heavy atom. The van der Waals surface area contributed by atoms with Crippen LogP contribution in [0.15, 0.2) is 90.6 Å². The first-order valence-electron chi connectivity index (χ1n) is 12.7. The standard InChI is InChI=1S/C31H28N2O6/c1-39-31(38)21-13-11-20(12-14-21)30-29-24(17-22(18-26(29)34)19-7-3-2-4-8-19)32-23-9-5-6-10-25(23)33(30)27(35)15-16-28(36)37/h2-14,17,22,29-30,32H,15-16,18H2,1H3,(H,36,37)/p-1/t22-,29-,30+/m1/s1. The van der Waals surface area contributed by atoms with E-state index in [4.69, 9.17) is 4.74 Å². The summed E-state index contributed by atoms with van der Waals surface area (Å²) in [6.07, 6.45) is 1.55. The van der Waals surface area contributed by atoms with Crippen LogP contribution in [0.1, 0.15) is 52.7 Å². The number of rotatable bonds is 6. The summed E-state index contributed by atoms with van der Waals surface area (Å²) in [5.74, 6) is -3.23. The number of allylic oxidation sites excluding steroid dienone is 1. The van der Waals surface area contributed by atoms with Gasteiger partial charge in [-0.1, -0.05) is 60.7 Å². The molecule has 198 valence electrons. The van der Waals surface area contributed by atoms with Crippen molar-refractivity contribution in [3.63, 3.8) is 0 Å². The van der Waals surface area contributed by atoms with Crippen LogP contribution in [0.3, 0.4) is 0 Å². The third kappa shape index (κ3) is 5.18. The van der Waals surface area contributed by atoms with Gasteiger partial charge in [-0.05, 0) is 41.8 Å². The third-order valence-corrected chi connectivity index (χ3v) is 7.23. The maximum absolute atomic E-state index is 14.0. The Bertz CT molecular complexity index is 1450. The zero-order valence-corrected chi connectivity index (χ0v) is 21.3. The van der Waals surface area contributed by atoms with E-state index in [1.54, 1.807) is 36.4 Å². The highest BCUT2D eigenvalue weighted by Crippen LogP contribution is 2.48. The summed E-state index contributed by atoms with van der Waals surface area (Å²) in [4.78, 5) is 52.5. The van der Waals surface area contributed by atoms with E-state index in [0.29, 0.717) is 28.2 Å². The second-order valence-electron chi connectivity index (χ2n) is 9.62. The van der Waals surface area contributed by atoms with Crippen molar-refractivity contribution in [2.75, 3.05) is 17.3 Å². The van der Waals surface area contributed by atoms with Crippen molar-refractivity contribution < 1.29 is 29.0 Å². The molecule has 3 aromatic rings. The number of para-hydroxylation sites is 2. The molecule has 39 heavy (non-hydrogen) atoms. The van der Waals surface area contributed by atoms with Crippen LogP contribution in [0, 0.1) is 5.92 Å². The first kappa shape index (κ1) is 25.9. The summed E-state index contributed by atoms with van der Waals surface area (Å²) in [5, 5.41) is 14.7. The maximum atomic E-state index is 14.0. The second-order valence-corrected chi connectivity index (χ2v) is 9.62. The molecule has 8 heteroatoms. The molecule has 0 bridgehead atoms. The number of carboxylic acids is 1. The highest BCUT2D eigenvalue weighted by Gasteiger charge is 2.44. The van der Waals surface area contributed by atoms with Crippen LogP contribution >= 0.6 is 0 Å². The highest BCUT2D eigenvalue weighted by atomic mass is 16.5. The number of nitrogens with one attached hydrogen (secondary N) is 1. The summed E-state index contributed by atoms with van der Waals surface area (Å²) >= 11 is 0. The third-order valence-electron chi connectivity index (χ3n) is 7.23. The minimum absolute atomic E-state index is 0.0543. The lowest BCUT2D eigenvalue weighted by atomic mass is 9.76. The SMILES string of the molecule is COC(=O)c1ccc([C@H]2[C@H]3C(=O)C[C@H](c4ccccc4)C=C3Nc3ccccc3N2C(=O)CCC(=O)[O-])cc1. The number of fused-ring (bicyclic) bond motifs is 2. The average Bonchev–Trinajstić information content (AvgIpc) is 3.10. The molecule has 1 N–H and O–H groups in total. The van der Waals surface area contributed by atoms with Gasteiger partial charge >= 0.3 is 5.97 Å². The Balaban J connectivity index is 1.68. The van der Waals surface area contributed by atoms with E-state index >= 15 is 0 Å². The minimum atomic E-state index is -1.33. The monoisotopic (exact) mass is 523 g/mol. The van der Waals surface area contributed by atoms with Crippen molar-refractivity contribution in [3.8, 4) is 0 Å². The number of carbonyl (C=O) groups excluding carboxylic acids is 4. The number of ether oxygens (including phenoxy) is 1. The number of benzene rings is 3. The molecular formula is C31H27N2O6-. The Morgan fingerprint density at radius 3 is 2.31 bits per heavy atom. The van der Waals surface area contributed by atoms with Gasteiger partial charge in [-0.25, -0.2) is 4.79 Å². The number of nitrogens with zero attached hydrogens (tertiary/aromatic N) is 1. The molecule has 2 aliphatic rings. The van der Waals surface area contributed by atoms with Gasteiger partial charge in [0.2, 0.25) is 5.91 Å². The molecule has 3 atom stereocenters. The lowest BCUT2D eigenvalue weighted by Gasteiger charge is -2.37. The number of aliphatic carboxylic acids is 1. The number of Topliss-reactive ketones (excluding diaryl/α,β-unsaturated/α-hetero) is 1. The second kappa shape index (κ2) is 10.9. The molecule has 3 aromatic carbocycles. The fraction of sp³-hybridized carbons (Fsp3) is 0.226. The van der Waals surface area contributed by atoms with Gasteiger partial charge in [-0.2, -0.15) is 0 Å². The summed E-state index contributed by atoms with van der Waals surface area (Å²) in [6, 6.07) is 22.8. The van der Waals surface area contributed by atoms with E-state index in [1.165, 1.54) is 12.0 Å². The van der Waals surface area contributed by atoms with E-state index in [2.05, 4.69) is 5.32 Å². The van der Waals surface area contributed by atoms with Crippen LogP contribution < -0.4 is 15.3 Å². The van der Waals surface area contributed by atoms with Gasteiger partial charge in [-0.15, -0.1) is 0 Å². The molecule has 1 aliphatic carbocycles. The first-order chi connectivity index (χ1) is 18.9. The van der Waals surface area contributed by atoms with Crippen molar-refractivity contribution in [1.82, 2.24) is 0 Å². The Morgan fingerprint density at radius 2 is 1.62 bits per heavy atom.